The van der Waals surface area contributed by atoms with Crippen molar-refractivity contribution in [3.63, 3.8) is 0 Å². The van der Waals surface area contributed by atoms with Gasteiger partial charge in [0.2, 0.25) is 0 Å². The third-order valence-electron chi connectivity index (χ3n) is 3.82. The van der Waals surface area contributed by atoms with Crippen LogP contribution in [0.3, 0.4) is 0 Å². The molecule has 1 aliphatic rings. The average Bonchev–Trinajstić information content (AvgIpc) is 2.93. The van der Waals surface area contributed by atoms with Crippen molar-refractivity contribution in [2.24, 2.45) is 0 Å². The first-order valence-corrected chi connectivity index (χ1v) is 8.01. The Balaban J connectivity index is 1.73. The molecule has 5 heteroatoms. The molecule has 2 aromatic carbocycles. The number of nitrogens with zero attached hydrogens (tertiary/aromatic N) is 1. The van der Waals surface area contributed by atoms with Crippen molar-refractivity contribution in [2.75, 3.05) is 37.4 Å². The lowest BCUT2D eigenvalue weighted by atomic mass is 10.2. The summed E-state index contributed by atoms with van der Waals surface area (Å²) in [4.78, 5) is 3.50. The van der Waals surface area contributed by atoms with E-state index < -0.39 is 0 Å². The second-order valence-electron chi connectivity index (χ2n) is 5.27. The molecule has 1 N–H and O–H groups in total. The molecule has 116 valence electrons. The molecule has 0 aliphatic carbocycles. The summed E-state index contributed by atoms with van der Waals surface area (Å²) in [7, 11) is 5.45. The maximum atomic E-state index is 5.29. The summed E-state index contributed by atoms with van der Waals surface area (Å²) in [6.45, 7) is 1.10. The lowest BCUT2D eigenvalue weighted by Gasteiger charge is -2.13. The van der Waals surface area contributed by atoms with E-state index in [1.54, 1.807) is 26.2 Å². The number of nitrogens with one attached hydrogen (secondary N) is 1. The maximum Gasteiger partial charge on any atom is 0.124 e. The molecule has 0 radical (unpaired) electrons. The van der Waals surface area contributed by atoms with Crippen LogP contribution in [0.5, 0.6) is 11.5 Å². The van der Waals surface area contributed by atoms with Crippen LogP contribution in [0, 0.1) is 0 Å². The second kappa shape index (κ2) is 6.40. The predicted molar refractivity (Wildman–Crippen MR) is 92.4 cm³/mol. The standard InChI is InChI=1S/C17H20N2O2S/c1-19-7-6-12-8-16(4-5-17(12)19)22-18-13-9-14(20-2)11-15(10-13)21-3/h4-5,8-11,18H,6-7H2,1-3H3. The van der Waals surface area contributed by atoms with E-state index >= 15 is 0 Å². The SMILES string of the molecule is COc1cc(NSc2ccc3c(c2)CCN3C)cc(OC)c1. The summed E-state index contributed by atoms with van der Waals surface area (Å²) in [5.74, 6) is 1.55. The molecule has 0 amide bonds. The largest absolute Gasteiger partial charge is 0.497 e. The highest BCUT2D eigenvalue weighted by Gasteiger charge is 2.15. The zero-order valence-corrected chi connectivity index (χ0v) is 13.9. The zero-order valence-electron chi connectivity index (χ0n) is 13.1. The van der Waals surface area contributed by atoms with Crippen LogP contribution in [0.25, 0.3) is 0 Å². The summed E-state index contributed by atoms with van der Waals surface area (Å²) in [6.07, 6.45) is 1.12. The molecule has 0 fully saturated rings. The van der Waals surface area contributed by atoms with Gasteiger partial charge in [0.25, 0.3) is 0 Å². The molecule has 1 aliphatic heterocycles. The molecule has 0 unspecified atom stereocenters. The van der Waals surface area contributed by atoms with Crippen LogP contribution in [-0.2, 0) is 6.42 Å². The fourth-order valence-corrected chi connectivity index (χ4v) is 3.28. The molecule has 0 saturated heterocycles. The summed E-state index contributed by atoms with van der Waals surface area (Å²) in [5.41, 5.74) is 3.71. The first-order chi connectivity index (χ1) is 10.7. The quantitative estimate of drug-likeness (QED) is 0.848. The molecular formula is C17H20N2O2S. The smallest absolute Gasteiger partial charge is 0.124 e. The fourth-order valence-electron chi connectivity index (χ4n) is 2.59. The van der Waals surface area contributed by atoms with Crippen LogP contribution in [0.2, 0.25) is 0 Å². The molecule has 3 rings (SSSR count). The number of benzene rings is 2. The van der Waals surface area contributed by atoms with Gasteiger partial charge in [0, 0.05) is 42.4 Å². The van der Waals surface area contributed by atoms with Crippen LogP contribution in [0.15, 0.2) is 41.3 Å². The van der Waals surface area contributed by atoms with Crippen LogP contribution in [0.1, 0.15) is 5.56 Å². The monoisotopic (exact) mass is 316 g/mol. The number of hydrogen-bond donors (Lipinski definition) is 1. The van der Waals surface area contributed by atoms with E-state index in [9.17, 15) is 0 Å². The Morgan fingerprint density at radius 3 is 2.45 bits per heavy atom. The Bertz CT molecular complexity index is 653. The van der Waals surface area contributed by atoms with Gasteiger partial charge in [-0.15, -0.1) is 0 Å². The van der Waals surface area contributed by atoms with Crippen molar-refractivity contribution >= 4 is 23.3 Å². The molecule has 0 aromatic heterocycles. The van der Waals surface area contributed by atoms with E-state index in [1.807, 2.05) is 18.2 Å². The van der Waals surface area contributed by atoms with Gasteiger partial charge in [-0.25, -0.2) is 0 Å². The summed E-state index contributed by atoms with van der Waals surface area (Å²) >= 11 is 1.60. The molecule has 0 spiro atoms. The van der Waals surface area contributed by atoms with Gasteiger partial charge in [-0.1, -0.05) is 0 Å². The fraction of sp³-hybridized carbons (Fsp3) is 0.294. The minimum Gasteiger partial charge on any atom is -0.497 e. The molecule has 1 heterocycles. The molecule has 22 heavy (non-hydrogen) atoms. The number of likely N-dealkylation sites (N-methyl/N-ethyl adjacent to an activating group) is 1. The van der Waals surface area contributed by atoms with Crippen LogP contribution < -0.4 is 19.1 Å². The average molecular weight is 316 g/mol. The minimum atomic E-state index is 0.776. The number of rotatable bonds is 5. The highest BCUT2D eigenvalue weighted by Crippen LogP contribution is 2.33. The molecule has 0 bridgehead atoms. The molecule has 2 aromatic rings. The van der Waals surface area contributed by atoms with E-state index in [4.69, 9.17) is 9.47 Å². The van der Waals surface area contributed by atoms with Crippen LogP contribution in [0.4, 0.5) is 11.4 Å². The first kappa shape index (κ1) is 14.9. The van der Waals surface area contributed by atoms with Gasteiger partial charge in [0.1, 0.15) is 11.5 Å². The number of fused-ring (bicyclic) bond motifs is 1. The van der Waals surface area contributed by atoms with E-state index in [1.165, 1.54) is 16.1 Å². The number of anilines is 2. The normalized spacial score (nSPS) is 13.0. The van der Waals surface area contributed by atoms with Crippen molar-refractivity contribution in [1.29, 1.82) is 0 Å². The number of methoxy groups -OCH3 is 2. The maximum absolute atomic E-state index is 5.29. The third-order valence-corrected chi connectivity index (χ3v) is 4.64. The topological polar surface area (TPSA) is 33.7 Å². The number of hydrogen-bond acceptors (Lipinski definition) is 5. The first-order valence-electron chi connectivity index (χ1n) is 7.19. The third kappa shape index (κ3) is 3.09. The van der Waals surface area contributed by atoms with Crippen molar-refractivity contribution in [3.05, 3.63) is 42.0 Å². The van der Waals surface area contributed by atoms with Crippen molar-refractivity contribution in [2.45, 2.75) is 11.3 Å². The van der Waals surface area contributed by atoms with Gasteiger partial charge >= 0.3 is 0 Å². The minimum absolute atomic E-state index is 0.776. The Kier molecular flexibility index (Phi) is 4.34. The van der Waals surface area contributed by atoms with Crippen molar-refractivity contribution in [3.8, 4) is 11.5 Å². The summed E-state index contributed by atoms with van der Waals surface area (Å²) in [6, 6.07) is 12.4. The molecule has 4 nitrogen and oxygen atoms in total. The molecular weight excluding hydrogens is 296 g/mol. The highest BCUT2D eigenvalue weighted by molar-refractivity contribution is 8.00. The number of ether oxygens (including phenoxy) is 2. The Hall–Kier alpha value is -2.01. The summed E-state index contributed by atoms with van der Waals surface area (Å²) < 4.78 is 13.9. The predicted octanol–water partition coefficient (Wildman–Crippen LogP) is 3.82. The lowest BCUT2D eigenvalue weighted by molar-refractivity contribution is 0.395. The van der Waals surface area contributed by atoms with E-state index in [0.717, 1.165) is 30.2 Å². The van der Waals surface area contributed by atoms with Gasteiger partial charge in [-0.3, -0.25) is 0 Å². The second-order valence-corrected chi connectivity index (χ2v) is 6.15. The highest BCUT2D eigenvalue weighted by atomic mass is 32.2. The van der Waals surface area contributed by atoms with Crippen LogP contribution >= 0.6 is 11.9 Å². The van der Waals surface area contributed by atoms with Gasteiger partial charge in [0.15, 0.2) is 0 Å². The summed E-state index contributed by atoms with van der Waals surface area (Å²) in [5, 5.41) is 0. The molecule has 0 atom stereocenters. The molecule has 0 saturated carbocycles. The van der Waals surface area contributed by atoms with Gasteiger partial charge in [-0.05, 0) is 42.1 Å². The van der Waals surface area contributed by atoms with E-state index in [2.05, 4.69) is 34.9 Å². The van der Waals surface area contributed by atoms with E-state index in [0.29, 0.717) is 0 Å². The van der Waals surface area contributed by atoms with Gasteiger partial charge in [0.05, 0.1) is 19.9 Å². The lowest BCUT2D eigenvalue weighted by Crippen LogP contribution is -2.12. The Labute approximate surface area is 135 Å². The van der Waals surface area contributed by atoms with Gasteiger partial charge < -0.3 is 19.1 Å². The van der Waals surface area contributed by atoms with Crippen LogP contribution in [-0.4, -0.2) is 27.8 Å². The van der Waals surface area contributed by atoms with Gasteiger partial charge in [-0.2, -0.15) is 0 Å². The Morgan fingerprint density at radius 2 is 1.77 bits per heavy atom. The van der Waals surface area contributed by atoms with Crippen molar-refractivity contribution < 1.29 is 9.47 Å². The van der Waals surface area contributed by atoms with E-state index in [-0.39, 0.29) is 0 Å². The zero-order chi connectivity index (χ0) is 15.5. The van der Waals surface area contributed by atoms with Crippen molar-refractivity contribution in [1.82, 2.24) is 0 Å². The Morgan fingerprint density at radius 1 is 1.05 bits per heavy atom.